The molecule has 1 aromatic carbocycles. The summed E-state index contributed by atoms with van der Waals surface area (Å²) < 4.78 is 0. The Morgan fingerprint density at radius 3 is 2.35 bits per heavy atom. The highest BCUT2D eigenvalue weighted by molar-refractivity contribution is 7.80. The fourth-order valence-corrected chi connectivity index (χ4v) is 3.37. The van der Waals surface area contributed by atoms with Crippen LogP contribution < -0.4 is 27.4 Å². The minimum Gasteiger partial charge on any atom is -0.480 e. The Bertz CT molecular complexity index is 1060. The number of hydrogen-bond donors (Lipinski definition) is 8. The standard InChI is InChI=1S/C21H28N6O6S/c22-13(10-34)19(31)26-15(5-6-17(23)28)21(33)27-16(20(32)25-9-18(29)30)7-11-8-24-14-4-2-1-3-12(11)14/h1-4,8,13,15-16,24,34H,5-7,9-10,22H2,(H2,23,28)(H,25,32)(H,26,31)(H,27,33)(H,29,30). The highest BCUT2D eigenvalue weighted by Crippen LogP contribution is 2.19. The summed E-state index contributed by atoms with van der Waals surface area (Å²) in [4.78, 5) is 63.1. The van der Waals surface area contributed by atoms with E-state index in [4.69, 9.17) is 16.6 Å². The second-order valence-corrected chi connectivity index (χ2v) is 7.96. The van der Waals surface area contributed by atoms with E-state index in [-0.39, 0.29) is 25.0 Å². The lowest BCUT2D eigenvalue weighted by atomic mass is 10.0. The molecule has 13 heteroatoms. The van der Waals surface area contributed by atoms with Crippen LogP contribution in [0.1, 0.15) is 18.4 Å². The number of rotatable bonds is 13. The van der Waals surface area contributed by atoms with E-state index in [1.165, 1.54) is 0 Å². The van der Waals surface area contributed by atoms with E-state index in [9.17, 15) is 24.0 Å². The largest absolute Gasteiger partial charge is 0.480 e. The van der Waals surface area contributed by atoms with Crippen molar-refractivity contribution in [3.8, 4) is 0 Å². The highest BCUT2D eigenvalue weighted by Gasteiger charge is 2.29. The first-order valence-electron chi connectivity index (χ1n) is 10.4. The number of aromatic nitrogens is 1. The monoisotopic (exact) mass is 492 g/mol. The van der Waals surface area contributed by atoms with Crippen molar-refractivity contribution in [1.29, 1.82) is 0 Å². The van der Waals surface area contributed by atoms with E-state index in [1.807, 2.05) is 24.3 Å². The SMILES string of the molecule is NC(=O)CCC(NC(=O)C(N)CS)C(=O)NC(Cc1c[nH]c2ccccc12)C(=O)NCC(=O)O. The maximum atomic E-state index is 13.0. The van der Waals surface area contributed by atoms with Gasteiger partial charge in [0.05, 0.1) is 6.04 Å². The minimum absolute atomic E-state index is 0.0246. The first-order valence-corrected chi connectivity index (χ1v) is 11.1. The number of thiol groups is 1. The van der Waals surface area contributed by atoms with Crippen molar-refractivity contribution in [2.45, 2.75) is 37.4 Å². The molecule has 1 aromatic heterocycles. The molecule has 1 heterocycles. The second kappa shape index (κ2) is 12.6. The molecule has 0 aliphatic rings. The van der Waals surface area contributed by atoms with E-state index in [0.717, 1.165) is 10.9 Å². The zero-order chi connectivity index (χ0) is 25.3. The van der Waals surface area contributed by atoms with Crippen LogP contribution in [0.2, 0.25) is 0 Å². The number of hydrogen-bond acceptors (Lipinski definition) is 7. The normalized spacial score (nSPS) is 13.5. The number of nitrogens with two attached hydrogens (primary N) is 2. The van der Waals surface area contributed by atoms with Crippen LogP contribution in [-0.2, 0) is 30.4 Å². The van der Waals surface area contributed by atoms with Crippen molar-refractivity contribution in [1.82, 2.24) is 20.9 Å². The molecule has 0 bridgehead atoms. The number of carbonyl (C=O) groups excluding carboxylic acids is 4. The smallest absolute Gasteiger partial charge is 0.322 e. The number of nitrogens with one attached hydrogen (secondary N) is 4. The van der Waals surface area contributed by atoms with Crippen LogP contribution in [0.4, 0.5) is 0 Å². The summed E-state index contributed by atoms with van der Waals surface area (Å²) in [6, 6.07) is 3.97. The van der Waals surface area contributed by atoms with Crippen molar-refractivity contribution in [3.05, 3.63) is 36.0 Å². The zero-order valence-electron chi connectivity index (χ0n) is 18.2. The summed E-state index contributed by atoms with van der Waals surface area (Å²) >= 11 is 3.95. The average molecular weight is 493 g/mol. The molecule has 0 saturated carbocycles. The third kappa shape index (κ3) is 7.78. The van der Waals surface area contributed by atoms with Crippen LogP contribution in [-0.4, -0.2) is 70.1 Å². The number of carboxylic acids is 1. The molecule has 4 amide bonds. The molecule has 0 saturated heterocycles. The first kappa shape index (κ1) is 26.7. The molecule has 0 fully saturated rings. The van der Waals surface area contributed by atoms with Gasteiger partial charge in [-0.1, -0.05) is 18.2 Å². The number of H-pyrrole nitrogens is 1. The molecule has 2 rings (SSSR count). The maximum Gasteiger partial charge on any atom is 0.322 e. The number of carboxylic acid groups (broad SMARTS) is 1. The van der Waals surface area contributed by atoms with Crippen LogP contribution >= 0.6 is 12.6 Å². The molecule has 0 radical (unpaired) electrons. The summed E-state index contributed by atoms with van der Waals surface area (Å²) in [5, 5.41) is 17.0. The van der Waals surface area contributed by atoms with E-state index in [2.05, 4.69) is 33.6 Å². The van der Waals surface area contributed by atoms with Gasteiger partial charge in [0, 0.05) is 35.7 Å². The van der Waals surface area contributed by atoms with Crippen molar-refractivity contribution in [2.24, 2.45) is 11.5 Å². The number of aliphatic carboxylic acids is 1. The molecule has 2 aromatic rings. The summed E-state index contributed by atoms with van der Waals surface area (Å²) in [5.41, 5.74) is 12.4. The van der Waals surface area contributed by atoms with E-state index in [0.29, 0.717) is 5.56 Å². The lowest BCUT2D eigenvalue weighted by Gasteiger charge is -2.23. The summed E-state index contributed by atoms with van der Waals surface area (Å²) in [5.74, 6) is -4.05. The Morgan fingerprint density at radius 1 is 1.03 bits per heavy atom. The third-order valence-electron chi connectivity index (χ3n) is 4.99. The lowest BCUT2D eigenvalue weighted by molar-refractivity contribution is -0.138. The van der Waals surface area contributed by atoms with Gasteiger partial charge >= 0.3 is 5.97 Å². The number of benzene rings is 1. The van der Waals surface area contributed by atoms with Crippen molar-refractivity contribution < 1.29 is 29.1 Å². The molecular weight excluding hydrogens is 464 g/mol. The number of fused-ring (bicyclic) bond motifs is 1. The van der Waals surface area contributed by atoms with Gasteiger partial charge in [-0.25, -0.2) is 0 Å². The van der Waals surface area contributed by atoms with Crippen molar-refractivity contribution in [2.75, 3.05) is 12.3 Å². The van der Waals surface area contributed by atoms with Gasteiger partial charge in [0.1, 0.15) is 18.6 Å². The second-order valence-electron chi connectivity index (χ2n) is 7.59. The fraction of sp³-hybridized carbons (Fsp3) is 0.381. The van der Waals surface area contributed by atoms with Crippen LogP contribution in [0.15, 0.2) is 30.5 Å². The highest BCUT2D eigenvalue weighted by atomic mass is 32.1. The Labute approximate surface area is 200 Å². The zero-order valence-corrected chi connectivity index (χ0v) is 19.1. The van der Waals surface area contributed by atoms with Gasteiger partial charge < -0.3 is 37.5 Å². The van der Waals surface area contributed by atoms with E-state index < -0.39 is 54.3 Å². The van der Waals surface area contributed by atoms with E-state index in [1.54, 1.807) is 6.20 Å². The van der Waals surface area contributed by atoms with Gasteiger partial charge in [0.2, 0.25) is 23.6 Å². The predicted molar refractivity (Wildman–Crippen MR) is 127 cm³/mol. The molecule has 0 aliphatic heterocycles. The third-order valence-corrected chi connectivity index (χ3v) is 5.39. The molecule has 34 heavy (non-hydrogen) atoms. The average Bonchev–Trinajstić information content (AvgIpc) is 3.21. The Kier molecular flexibility index (Phi) is 9.89. The molecule has 3 atom stereocenters. The predicted octanol–water partition coefficient (Wildman–Crippen LogP) is -1.60. The van der Waals surface area contributed by atoms with Gasteiger partial charge in [-0.05, 0) is 18.1 Å². The summed E-state index contributed by atoms with van der Waals surface area (Å²) in [7, 11) is 0. The van der Waals surface area contributed by atoms with Crippen LogP contribution in [0, 0.1) is 0 Å². The number of aromatic amines is 1. The number of primary amides is 1. The molecule has 9 N–H and O–H groups in total. The van der Waals surface area contributed by atoms with Gasteiger partial charge in [0.15, 0.2) is 0 Å². The molecule has 184 valence electrons. The molecular formula is C21H28N6O6S. The topological polar surface area (TPSA) is 209 Å². The van der Waals surface area contributed by atoms with Crippen LogP contribution in [0.5, 0.6) is 0 Å². The first-order chi connectivity index (χ1) is 16.1. The van der Waals surface area contributed by atoms with Crippen molar-refractivity contribution in [3.63, 3.8) is 0 Å². The van der Waals surface area contributed by atoms with Gasteiger partial charge in [-0.15, -0.1) is 0 Å². The number of para-hydroxylation sites is 1. The Hall–Kier alpha value is -3.58. The number of carbonyl (C=O) groups is 5. The van der Waals surface area contributed by atoms with Crippen LogP contribution in [0.3, 0.4) is 0 Å². The molecule has 12 nitrogen and oxygen atoms in total. The fourth-order valence-electron chi connectivity index (χ4n) is 3.21. The molecule has 0 aliphatic carbocycles. The quantitative estimate of drug-likeness (QED) is 0.153. The van der Waals surface area contributed by atoms with Crippen LogP contribution in [0.25, 0.3) is 10.9 Å². The van der Waals surface area contributed by atoms with Crippen molar-refractivity contribution >= 4 is 53.1 Å². The molecule has 3 unspecified atom stereocenters. The van der Waals surface area contributed by atoms with Gasteiger partial charge in [-0.2, -0.15) is 12.6 Å². The lowest BCUT2D eigenvalue weighted by Crippen LogP contribution is -2.56. The van der Waals surface area contributed by atoms with E-state index >= 15 is 0 Å². The summed E-state index contributed by atoms with van der Waals surface area (Å²) in [6.45, 7) is -0.641. The Morgan fingerprint density at radius 2 is 1.71 bits per heavy atom. The Balaban J connectivity index is 2.25. The number of amides is 4. The molecule has 0 spiro atoms. The van der Waals surface area contributed by atoms with Gasteiger partial charge in [-0.3, -0.25) is 24.0 Å². The van der Waals surface area contributed by atoms with Gasteiger partial charge in [0.25, 0.3) is 0 Å². The minimum atomic E-state index is -1.25. The summed E-state index contributed by atoms with van der Waals surface area (Å²) in [6.07, 6.45) is 1.40. The maximum absolute atomic E-state index is 13.0.